The minimum absolute atomic E-state index is 0.129. The lowest BCUT2D eigenvalue weighted by Crippen LogP contribution is -2.11. The summed E-state index contributed by atoms with van der Waals surface area (Å²) in [4.78, 5) is 5.15. The number of fused-ring (bicyclic) bond motifs is 8. The van der Waals surface area contributed by atoms with Crippen molar-refractivity contribution in [3.63, 3.8) is 0 Å². The maximum absolute atomic E-state index is 5.15. The Hall–Kier alpha value is -4.99. The minimum atomic E-state index is 0.129. The van der Waals surface area contributed by atoms with Gasteiger partial charge in [0.25, 0.3) is 0 Å². The maximum atomic E-state index is 5.15. The van der Waals surface area contributed by atoms with Crippen LogP contribution in [0.25, 0.3) is 47.7 Å². The third-order valence-corrected chi connectivity index (χ3v) is 9.69. The van der Waals surface area contributed by atoms with Gasteiger partial charge in [0.05, 0.1) is 33.1 Å². The first kappa shape index (κ1) is 22.8. The van der Waals surface area contributed by atoms with Crippen LogP contribution in [0.4, 0.5) is 5.69 Å². The molecule has 0 spiro atoms. The van der Waals surface area contributed by atoms with Crippen molar-refractivity contribution >= 4 is 64.7 Å². The van der Waals surface area contributed by atoms with E-state index in [9.17, 15) is 0 Å². The summed E-state index contributed by atoms with van der Waals surface area (Å²) in [7, 11) is 0. The van der Waals surface area contributed by atoms with E-state index in [1.165, 1.54) is 53.1 Å². The topological polar surface area (TPSA) is 17.3 Å². The average Bonchev–Trinajstić information content (AvgIpc) is 3.71. The summed E-state index contributed by atoms with van der Waals surface area (Å²) in [6, 6.07) is 50.4. The molecule has 0 saturated heterocycles. The van der Waals surface area contributed by atoms with Crippen LogP contribution in [-0.4, -0.2) is 10.3 Å². The first-order valence-corrected chi connectivity index (χ1v) is 14.8. The predicted octanol–water partition coefficient (Wildman–Crippen LogP) is 10.4. The van der Waals surface area contributed by atoms with Gasteiger partial charge in [-0.05, 0) is 47.0 Å². The number of thiophene rings is 1. The molecule has 0 radical (unpaired) electrons. The molecular formula is C38H24N2S. The fraction of sp³-hybridized carbons (Fsp3) is 0.0263. The van der Waals surface area contributed by atoms with E-state index < -0.39 is 0 Å². The molecule has 0 aliphatic carbocycles. The van der Waals surface area contributed by atoms with E-state index in [1.807, 2.05) is 11.3 Å². The highest BCUT2D eigenvalue weighted by molar-refractivity contribution is 7.26. The van der Waals surface area contributed by atoms with Crippen LogP contribution in [-0.2, 0) is 0 Å². The maximum Gasteiger partial charge on any atom is 0.0719 e. The molecule has 1 aliphatic heterocycles. The molecule has 0 amide bonds. The van der Waals surface area contributed by atoms with E-state index in [1.54, 1.807) is 0 Å². The number of benzene rings is 6. The molecule has 1 aliphatic rings. The van der Waals surface area contributed by atoms with E-state index in [0.717, 1.165) is 22.6 Å². The summed E-state index contributed by atoms with van der Waals surface area (Å²) < 4.78 is 5.11. The van der Waals surface area contributed by atoms with Crippen molar-refractivity contribution in [2.24, 2.45) is 4.99 Å². The van der Waals surface area contributed by atoms with E-state index in [4.69, 9.17) is 4.99 Å². The van der Waals surface area contributed by atoms with Crippen LogP contribution in [0.3, 0.4) is 0 Å². The fourth-order valence-electron chi connectivity index (χ4n) is 6.67. The van der Waals surface area contributed by atoms with E-state index >= 15 is 0 Å². The Morgan fingerprint density at radius 1 is 0.561 bits per heavy atom. The van der Waals surface area contributed by atoms with Crippen molar-refractivity contribution in [2.75, 3.05) is 0 Å². The molecule has 1 atom stereocenters. The largest absolute Gasteiger partial charge is 0.308 e. The molecule has 2 aromatic heterocycles. The first-order chi connectivity index (χ1) is 20.3. The van der Waals surface area contributed by atoms with Gasteiger partial charge in [0.15, 0.2) is 0 Å². The Morgan fingerprint density at radius 2 is 1.27 bits per heavy atom. The summed E-state index contributed by atoms with van der Waals surface area (Å²) in [5.41, 5.74) is 9.55. The number of nitrogens with zero attached hydrogens (tertiary/aromatic N) is 2. The quantitative estimate of drug-likeness (QED) is 0.212. The summed E-state index contributed by atoms with van der Waals surface area (Å²) >= 11 is 1.89. The van der Waals surface area contributed by atoms with Crippen molar-refractivity contribution in [1.29, 1.82) is 0 Å². The standard InChI is InChI=1S/C38H24N2S/c1-2-10-24(11-3-1)35-31-14-4-7-15-32(31)39-36(35)25-18-20-26(21-19-25)40-33-16-8-5-12-27(33)29-22-23-30-28-13-6-9-17-34(28)41-38(30)37(29)40/h1-23,35H. The van der Waals surface area contributed by atoms with E-state index in [-0.39, 0.29) is 5.92 Å². The zero-order valence-corrected chi connectivity index (χ0v) is 23.0. The molecule has 6 aromatic carbocycles. The zero-order chi connectivity index (χ0) is 26.9. The lowest BCUT2D eigenvalue weighted by Gasteiger charge is -2.16. The Labute approximate surface area is 241 Å². The minimum Gasteiger partial charge on any atom is -0.308 e. The van der Waals surface area contributed by atoms with Gasteiger partial charge in [0.1, 0.15) is 0 Å². The van der Waals surface area contributed by atoms with Crippen molar-refractivity contribution in [3.05, 3.63) is 156 Å². The number of hydrogen-bond acceptors (Lipinski definition) is 2. The lowest BCUT2D eigenvalue weighted by molar-refractivity contribution is 1.11. The van der Waals surface area contributed by atoms with Gasteiger partial charge < -0.3 is 4.57 Å². The smallest absolute Gasteiger partial charge is 0.0719 e. The second kappa shape index (κ2) is 8.76. The van der Waals surface area contributed by atoms with Gasteiger partial charge in [-0.3, -0.25) is 4.99 Å². The van der Waals surface area contributed by atoms with Gasteiger partial charge >= 0.3 is 0 Å². The molecular weight excluding hydrogens is 516 g/mol. The van der Waals surface area contributed by atoms with Crippen LogP contribution in [0, 0.1) is 0 Å². The third-order valence-electron chi connectivity index (χ3n) is 8.50. The van der Waals surface area contributed by atoms with Crippen molar-refractivity contribution in [3.8, 4) is 5.69 Å². The highest BCUT2D eigenvalue weighted by Crippen LogP contribution is 2.44. The highest BCUT2D eigenvalue weighted by atomic mass is 32.1. The van der Waals surface area contributed by atoms with Crippen LogP contribution in [0.2, 0.25) is 0 Å². The molecule has 192 valence electrons. The number of aromatic nitrogens is 1. The second-order valence-corrected chi connectivity index (χ2v) is 11.8. The van der Waals surface area contributed by atoms with Gasteiger partial charge in [-0.1, -0.05) is 109 Å². The molecule has 0 fully saturated rings. The molecule has 1 unspecified atom stereocenters. The molecule has 3 heterocycles. The summed E-state index contributed by atoms with van der Waals surface area (Å²) in [5, 5.41) is 5.23. The van der Waals surface area contributed by atoms with Crippen LogP contribution in [0.1, 0.15) is 22.6 Å². The van der Waals surface area contributed by atoms with Gasteiger partial charge in [-0.2, -0.15) is 0 Å². The van der Waals surface area contributed by atoms with Crippen LogP contribution >= 0.6 is 11.3 Å². The Kier molecular flexibility index (Phi) is 4.87. The highest BCUT2D eigenvalue weighted by Gasteiger charge is 2.29. The van der Waals surface area contributed by atoms with Gasteiger partial charge in [-0.15, -0.1) is 11.3 Å². The van der Waals surface area contributed by atoms with Gasteiger partial charge in [0.2, 0.25) is 0 Å². The van der Waals surface area contributed by atoms with Crippen molar-refractivity contribution in [1.82, 2.24) is 4.57 Å². The number of hydrogen-bond donors (Lipinski definition) is 0. The molecule has 2 nitrogen and oxygen atoms in total. The van der Waals surface area contributed by atoms with Crippen LogP contribution < -0.4 is 0 Å². The molecule has 3 heteroatoms. The summed E-state index contributed by atoms with van der Waals surface area (Å²) in [6.45, 7) is 0. The normalized spacial score (nSPS) is 14.7. The van der Waals surface area contributed by atoms with E-state index in [2.05, 4.69) is 144 Å². The molecule has 9 rings (SSSR count). The SMILES string of the molecule is c1ccc(C2C(c3ccc(-n4c5ccccc5c5ccc6c7ccccc7sc6c54)cc3)=Nc3ccccc32)cc1. The number of aliphatic imine (C=N–C) groups is 1. The molecule has 0 saturated carbocycles. The molecule has 8 aromatic rings. The Bertz CT molecular complexity index is 2300. The Balaban J connectivity index is 1.25. The van der Waals surface area contributed by atoms with Crippen LogP contribution in [0.5, 0.6) is 0 Å². The van der Waals surface area contributed by atoms with Crippen molar-refractivity contribution < 1.29 is 0 Å². The Morgan fingerprint density at radius 3 is 2.15 bits per heavy atom. The molecule has 0 bridgehead atoms. The average molecular weight is 541 g/mol. The monoisotopic (exact) mass is 540 g/mol. The zero-order valence-electron chi connectivity index (χ0n) is 22.2. The summed E-state index contributed by atoms with van der Waals surface area (Å²) in [5.74, 6) is 0.129. The van der Waals surface area contributed by atoms with Gasteiger partial charge in [0, 0.05) is 31.9 Å². The predicted molar refractivity (Wildman–Crippen MR) is 175 cm³/mol. The van der Waals surface area contributed by atoms with Crippen molar-refractivity contribution in [2.45, 2.75) is 5.92 Å². The number of rotatable bonds is 3. The van der Waals surface area contributed by atoms with Gasteiger partial charge in [-0.25, -0.2) is 0 Å². The molecule has 0 N–H and O–H groups in total. The number of para-hydroxylation sites is 2. The first-order valence-electron chi connectivity index (χ1n) is 14.0. The fourth-order valence-corrected chi connectivity index (χ4v) is 7.91. The second-order valence-electron chi connectivity index (χ2n) is 10.7. The summed E-state index contributed by atoms with van der Waals surface area (Å²) in [6.07, 6.45) is 0. The van der Waals surface area contributed by atoms with E-state index in [0.29, 0.717) is 0 Å². The molecule has 41 heavy (non-hydrogen) atoms. The lowest BCUT2D eigenvalue weighted by atomic mass is 9.86. The van der Waals surface area contributed by atoms with Crippen LogP contribution in [0.15, 0.2) is 145 Å². The third kappa shape index (κ3) is 3.33.